The third-order valence-corrected chi connectivity index (χ3v) is 8.33. The average Bonchev–Trinajstić information content (AvgIpc) is 3.57. The molecular formula is C37H23N3. The molecule has 186 valence electrons. The number of benzene rings is 5. The van der Waals surface area contributed by atoms with Crippen molar-refractivity contribution >= 4 is 59.9 Å². The van der Waals surface area contributed by atoms with Crippen molar-refractivity contribution in [2.24, 2.45) is 0 Å². The Balaban J connectivity index is 1.47. The molecule has 0 atom stereocenters. The molecule has 0 aliphatic carbocycles. The van der Waals surface area contributed by atoms with Crippen LogP contribution in [0.5, 0.6) is 0 Å². The molecule has 9 rings (SSSR count). The zero-order valence-corrected chi connectivity index (χ0v) is 21.6. The summed E-state index contributed by atoms with van der Waals surface area (Å²) in [5.41, 5.74) is 9.50. The van der Waals surface area contributed by atoms with Gasteiger partial charge in [0.05, 0.1) is 27.6 Å². The van der Waals surface area contributed by atoms with Crippen molar-refractivity contribution in [1.29, 1.82) is 0 Å². The van der Waals surface area contributed by atoms with Crippen LogP contribution in [0.3, 0.4) is 0 Å². The maximum atomic E-state index is 4.35. The molecule has 3 heteroatoms. The summed E-state index contributed by atoms with van der Waals surface area (Å²) in [7, 11) is 0. The first-order valence-electron chi connectivity index (χ1n) is 13.6. The first-order chi connectivity index (χ1) is 19.8. The average molecular weight is 510 g/mol. The molecule has 0 fully saturated rings. The molecule has 4 aromatic heterocycles. The van der Waals surface area contributed by atoms with Crippen LogP contribution in [-0.2, 0) is 0 Å². The predicted octanol–water partition coefficient (Wildman–Crippen LogP) is 9.56. The van der Waals surface area contributed by atoms with E-state index < -0.39 is 0 Å². The molecular weight excluding hydrogens is 486 g/mol. The van der Waals surface area contributed by atoms with Crippen molar-refractivity contribution in [2.45, 2.75) is 0 Å². The third kappa shape index (κ3) is 2.92. The monoisotopic (exact) mass is 509 g/mol. The van der Waals surface area contributed by atoms with Gasteiger partial charge in [-0.1, -0.05) is 78.9 Å². The number of para-hydroxylation sites is 2. The topological polar surface area (TPSA) is 22.2 Å². The van der Waals surface area contributed by atoms with Crippen LogP contribution >= 0.6 is 0 Å². The Labute approximate surface area is 230 Å². The van der Waals surface area contributed by atoms with Gasteiger partial charge in [0.1, 0.15) is 0 Å². The molecule has 0 saturated heterocycles. The highest BCUT2D eigenvalue weighted by Crippen LogP contribution is 2.40. The van der Waals surface area contributed by atoms with Gasteiger partial charge in [0.2, 0.25) is 0 Å². The van der Waals surface area contributed by atoms with E-state index in [4.69, 9.17) is 0 Å². The number of rotatable bonds is 2. The fourth-order valence-corrected chi connectivity index (χ4v) is 6.59. The largest absolute Gasteiger partial charge is 0.309 e. The van der Waals surface area contributed by atoms with E-state index >= 15 is 0 Å². The number of fused-ring (bicyclic) bond motifs is 11. The van der Waals surface area contributed by atoms with Crippen molar-refractivity contribution < 1.29 is 0 Å². The lowest BCUT2D eigenvalue weighted by Crippen LogP contribution is -1.96. The molecule has 40 heavy (non-hydrogen) atoms. The van der Waals surface area contributed by atoms with Gasteiger partial charge in [-0.2, -0.15) is 0 Å². The van der Waals surface area contributed by atoms with Crippen LogP contribution in [0.25, 0.3) is 76.7 Å². The van der Waals surface area contributed by atoms with Crippen LogP contribution in [0.4, 0.5) is 0 Å². The molecule has 0 saturated carbocycles. The van der Waals surface area contributed by atoms with Gasteiger partial charge in [-0.05, 0) is 59.5 Å². The lowest BCUT2D eigenvalue weighted by atomic mass is 10.0. The number of hydrogen-bond donors (Lipinski definition) is 0. The Bertz CT molecular complexity index is 2430. The molecule has 4 heterocycles. The van der Waals surface area contributed by atoms with Crippen molar-refractivity contribution in [3.63, 3.8) is 0 Å². The second-order valence-electron chi connectivity index (χ2n) is 10.5. The quantitative estimate of drug-likeness (QED) is 0.213. The van der Waals surface area contributed by atoms with E-state index in [0.29, 0.717) is 0 Å². The molecule has 0 aliphatic heterocycles. The highest BCUT2D eigenvalue weighted by molar-refractivity contribution is 6.21. The summed E-state index contributed by atoms with van der Waals surface area (Å²) >= 11 is 0. The minimum absolute atomic E-state index is 1.11. The van der Waals surface area contributed by atoms with Crippen molar-refractivity contribution in [2.75, 3.05) is 0 Å². The zero-order chi connectivity index (χ0) is 26.2. The van der Waals surface area contributed by atoms with Gasteiger partial charge in [0, 0.05) is 50.6 Å². The van der Waals surface area contributed by atoms with Crippen LogP contribution < -0.4 is 0 Å². The van der Waals surface area contributed by atoms with E-state index in [1.165, 1.54) is 59.9 Å². The summed E-state index contributed by atoms with van der Waals surface area (Å²) < 4.78 is 4.86. The van der Waals surface area contributed by atoms with Gasteiger partial charge in [-0.15, -0.1) is 0 Å². The molecule has 0 bridgehead atoms. The molecule has 3 nitrogen and oxygen atoms in total. The standard InChI is InChI=1S/C37H23N3/c1-5-16-33-25(9-1)20-35-29-14-3-2-13-28(29)31-21-32-30-15-4-6-17-34(30)39(36(32)22-37(31)40(33)35)27-12-7-10-24(19-27)26-11-8-18-38-23-26/h1-23H. The van der Waals surface area contributed by atoms with Gasteiger partial charge in [-0.25, -0.2) is 0 Å². The Morgan fingerprint density at radius 3 is 1.98 bits per heavy atom. The Morgan fingerprint density at radius 2 is 1.12 bits per heavy atom. The lowest BCUT2D eigenvalue weighted by Gasteiger charge is -2.13. The van der Waals surface area contributed by atoms with Crippen LogP contribution in [-0.4, -0.2) is 14.0 Å². The SMILES string of the molecule is c1cncc(-c2cccc(-n3c4ccccc4c4cc5c6ccccc6c6cc7ccccc7n6c5cc43)c2)c1. The number of nitrogens with zero attached hydrogens (tertiary/aromatic N) is 3. The van der Waals surface area contributed by atoms with Gasteiger partial charge < -0.3 is 8.97 Å². The fourth-order valence-electron chi connectivity index (χ4n) is 6.59. The summed E-state index contributed by atoms with van der Waals surface area (Å²) in [6.07, 6.45) is 3.75. The van der Waals surface area contributed by atoms with Crippen molar-refractivity contribution in [3.05, 3.63) is 140 Å². The summed E-state index contributed by atoms with van der Waals surface area (Å²) in [5, 5.41) is 7.60. The molecule has 0 radical (unpaired) electrons. The van der Waals surface area contributed by atoms with Gasteiger partial charge >= 0.3 is 0 Å². The lowest BCUT2D eigenvalue weighted by molar-refractivity contribution is 1.18. The molecule has 0 amide bonds. The minimum Gasteiger partial charge on any atom is -0.309 e. The Kier molecular flexibility index (Phi) is 4.33. The highest BCUT2D eigenvalue weighted by atomic mass is 15.0. The van der Waals surface area contributed by atoms with E-state index in [-0.39, 0.29) is 0 Å². The molecule has 0 aliphatic rings. The summed E-state index contributed by atoms with van der Waals surface area (Å²) in [6.45, 7) is 0. The first-order valence-corrected chi connectivity index (χ1v) is 13.6. The van der Waals surface area contributed by atoms with Gasteiger partial charge in [0.15, 0.2) is 0 Å². The van der Waals surface area contributed by atoms with Crippen molar-refractivity contribution in [3.8, 4) is 16.8 Å². The van der Waals surface area contributed by atoms with E-state index in [9.17, 15) is 0 Å². The number of aromatic nitrogens is 3. The fraction of sp³-hybridized carbons (Fsp3) is 0. The van der Waals surface area contributed by atoms with Gasteiger partial charge in [0.25, 0.3) is 0 Å². The Hall–Kier alpha value is -5.41. The maximum absolute atomic E-state index is 4.35. The number of hydrogen-bond acceptors (Lipinski definition) is 1. The smallest absolute Gasteiger partial charge is 0.0562 e. The van der Waals surface area contributed by atoms with Crippen LogP contribution in [0.15, 0.2) is 140 Å². The van der Waals surface area contributed by atoms with Crippen LogP contribution in [0, 0.1) is 0 Å². The minimum atomic E-state index is 1.11. The van der Waals surface area contributed by atoms with E-state index in [0.717, 1.165) is 16.8 Å². The third-order valence-electron chi connectivity index (χ3n) is 8.33. The summed E-state index contributed by atoms with van der Waals surface area (Å²) in [6, 6.07) is 46.3. The summed E-state index contributed by atoms with van der Waals surface area (Å²) in [5.74, 6) is 0. The van der Waals surface area contributed by atoms with E-state index in [1.807, 2.05) is 18.5 Å². The Morgan fingerprint density at radius 1 is 0.425 bits per heavy atom. The highest BCUT2D eigenvalue weighted by Gasteiger charge is 2.18. The normalized spacial score (nSPS) is 12.0. The molecule has 0 N–H and O–H groups in total. The molecule has 5 aromatic carbocycles. The molecule has 9 aromatic rings. The maximum Gasteiger partial charge on any atom is 0.0562 e. The zero-order valence-electron chi connectivity index (χ0n) is 21.6. The van der Waals surface area contributed by atoms with Crippen molar-refractivity contribution in [1.82, 2.24) is 14.0 Å². The van der Waals surface area contributed by atoms with E-state index in [2.05, 4.69) is 135 Å². The predicted molar refractivity (Wildman–Crippen MR) is 167 cm³/mol. The van der Waals surface area contributed by atoms with Gasteiger partial charge in [-0.3, -0.25) is 4.98 Å². The second-order valence-corrected chi connectivity index (χ2v) is 10.5. The molecule has 0 spiro atoms. The second kappa shape index (κ2) is 8.05. The molecule has 0 unspecified atom stereocenters. The summed E-state index contributed by atoms with van der Waals surface area (Å²) in [4.78, 5) is 4.35. The first kappa shape index (κ1) is 21.5. The van der Waals surface area contributed by atoms with E-state index in [1.54, 1.807) is 0 Å². The van der Waals surface area contributed by atoms with Crippen LogP contribution in [0.2, 0.25) is 0 Å². The number of pyridine rings is 2. The van der Waals surface area contributed by atoms with Crippen LogP contribution in [0.1, 0.15) is 0 Å².